The van der Waals surface area contributed by atoms with Gasteiger partial charge < -0.3 is 10.4 Å². The maximum Gasteiger partial charge on any atom is 0.326 e. The Morgan fingerprint density at radius 1 is 1.58 bits per heavy atom. The number of carbonyl (C=O) groups is 2. The molecular formula is C13H14N2O3S. The summed E-state index contributed by atoms with van der Waals surface area (Å²) in [5.41, 5.74) is 1.64. The highest BCUT2D eigenvalue weighted by molar-refractivity contribution is 7.98. The van der Waals surface area contributed by atoms with E-state index in [1.54, 1.807) is 17.8 Å². The van der Waals surface area contributed by atoms with E-state index >= 15 is 0 Å². The van der Waals surface area contributed by atoms with E-state index in [1.165, 1.54) is 0 Å². The first-order valence-electron chi connectivity index (χ1n) is 5.66. The van der Waals surface area contributed by atoms with Gasteiger partial charge in [-0.3, -0.25) is 4.79 Å². The first-order chi connectivity index (χ1) is 9.17. The third-order valence-electron chi connectivity index (χ3n) is 2.44. The lowest BCUT2D eigenvalue weighted by Gasteiger charge is -2.10. The molecule has 0 fully saturated rings. The van der Waals surface area contributed by atoms with E-state index in [9.17, 15) is 9.59 Å². The van der Waals surface area contributed by atoms with E-state index in [0.717, 1.165) is 5.56 Å². The zero-order valence-electron chi connectivity index (χ0n) is 10.2. The Labute approximate surface area is 115 Å². The SMILES string of the molecule is N#Cc1cccc(CSCCC(NC=O)C(=O)O)c1. The summed E-state index contributed by atoms with van der Waals surface area (Å²) < 4.78 is 0. The molecule has 19 heavy (non-hydrogen) atoms. The number of rotatable bonds is 8. The van der Waals surface area contributed by atoms with Gasteiger partial charge in [0.2, 0.25) is 6.41 Å². The number of aliphatic carboxylic acids is 1. The number of benzene rings is 1. The van der Waals surface area contributed by atoms with Crippen molar-refractivity contribution in [2.75, 3.05) is 5.75 Å². The number of carbonyl (C=O) groups excluding carboxylic acids is 1. The molecule has 1 aromatic carbocycles. The lowest BCUT2D eigenvalue weighted by molar-refractivity contribution is -0.140. The molecule has 0 bridgehead atoms. The van der Waals surface area contributed by atoms with Gasteiger partial charge in [0.1, 0.15) is 6.04 Å². The van der Waals surface area contributed by atoms with Gasteiger partial charge in [-0.15, -0.1) is 0 Å². The van der Waals surface area contributed by atoms with Crippen LogP contribution in [0.4, 0.5) is 0 Å². The summed E-state index contributed by atoms with van der Waals surface area (Å²) in [4.78, 5) is 21.0. The molecule has 0 radical (unpaired) electrons. The maximum atomic E-state index is 10.8. The van der Waals surface area contributed by atoms with Crippen LogP contribution < -0.4 is 5.32 Å². The standard InChI is InChI=1S/C13H14N2O3S/c14-7-10-2-1-3-11(6-10)8-19-5-4-12(13(17)18)15-9-16/h1-3,6,9,12H,4-5,8H2,(H,15,16)(H,17,18). The Bertz CT molecular complexity index is 485. The molecule has 1 atom stereocenters. The van der Waals surface area contributed by atoms with Gasteiger partial charge in [-0.1, -0.05) is 12.1 Å². The third kappa shape index (κ3) is 5.44. The van der Waals surface area contributed by atoms with E-state index in [4.69, 9.17) is 10.4 Å². The topological polar surface area (TPSA) is 90.2 Å². The van der Waals surface area contributed by atoms with Crippen LogP contribution >= 0.6 is 11.8 Å². The smallest absolute Gasteiger partial charge is 0.326 e. The van der Waals surface area contributed by atoms with E-state index in [-0.39, 0.29) is 0 Å². The Morgan fingerprint density at radius 2 is 2.37 bits per heavy atom. The van der Waals surface area contributed by atoms with Crippen molar-refractivity contribution in [1.29, 1.82) is 5.26 Å². The molecule has 0 spiro atoms. The lowest BCUT2D eigenvalue weighted by atomic mass is 10.2. The van der Waals surface area contributed by atoms with Crippen LogP contribution in [0, 0.1) is 11.3 Å². The van der Waals surface area contributed by atoms with Crippen molar-refractivity contribution < 1.29 is 14.7 Å². The predicted octanol–water partition coefficient (Wildman–Crippen LogP) is 1.38. The van der Waals surface area contributed by atoms with Crippen LogP contribution in [0.5, 0.6) is 0 Å². The molecule has 6 heteroatoms. The highest BCUT2D eigenvalue weighted by Crippen LogP contribution is 2.15. The van der Waals surface area contributed by atoms with E-state index < -0.39 is 12.0 Å². The van der Waals surface area contributed by atoms with Crippen molar-refractivity contribution in [1.82, 2.24) is 5.32 Å². The van der Waals surface area contributed by atoms with Gasteiger partial charge in [-0.25, -0.2) is 4.79 Å². The Morgan fingerprint density at radius 3 is 3.00 bits per heavy atom. The van der Waals surface area contributed by atoms with E-state index in [0.29, 0.717) is 29.9 Å². The van der Waals surface area contributed by atoms with Gasteiger partial charge in [-0.2, -0.15) is 17.0 Å². The van der Waals surface area contributed by atoms with Gasteiger partial charge in [0.25, 0.3) is 0 Å². The Balaban J connectivity index is 2.35. The second-order valence-corrected chi connectivity index (χ2v) is 4.93. The van der Waals surface area contributed by atoms with Gasteiger partial charge in [0.15, 0.2) is 0 Å². The first-order valence-corrected chi connectivity index (χ1v) is 6.82. The number of carboxylic acids is 1. The molecule has 100 valence electrons. The highest BCUT2D eigenvalue weighted by Gasteiger charge is 2.15. The predicted molar refractivity (Wildman–Crippen MR) is 72.6 cm³/mol. The first kappa shape index (κ1) is 15.1. The molecule has 0 saturated heterocycles. The number of hydrogen-bond acceptors (Lipinski definition) is 4. The summed E-state index contributed by atoms with van der Waals surface area (Å²) in [5.74, 6) is 0.302. The summed E-state index contributed by atoms with van der Waals surface area (Å²) in [7, 11) is 0. The average molecular weight is 278 g/mol. The summed E-state index contributed by atoms with van der Waals surface area (Å²) in [6.45, 7) is 0. The molecule has 1 unspecified atom stereocenters. The number of amides is 1. The van der Waals surface area contributed by atoms with Gasteiger partial charge in [-0.05, 0) is 29.9 Å². The van der Waals surface area contributed by atoms with Crippen LogP contribution in [0.15, 0.2) is 24.3 Å². The molecule has 0 aliphatic rings. The quantitative estimate of drug-likeness (QED) is 0.554. The fourth-order valence-corrected chi connectivity index (χ4v) is 2.44. The summed E-state index contributed by atoms with van der Waals surface area (Å²) in [6, 6.07) is 8.53. The van der Waals surface area contributed by atoms with Crippen molar-refractivity contribution in [2.45, 2.75) is 18.2 Å². The van der Waals surface area contributed by atoms with Crippen molar-refractivity contribution in [3.8, 4) is 6.07 Å². The summed E-state index contributed by atoms with van der Waals surface area (Å²) >= 11 is 1.57. The minimum atomic E-state index is -1.03. The number of hydrogen-bond donors (Lipinski definition) is 2. The molecule has 0 aromatic heterocycles. The minimum absolute atomic E-state index is 0.372. The number of thioether (sulfide) groups is 1. The maximum absolute atomic E-state index is 10.8. The third-order valence-corrected chi connectivity index (χ3v) is 3.50. The largest absolute Gasteiger partial charge is 0.480 e. The van der Waals surface area contributed by atoms with Crippen LogP contribution in [-0.4, -0.2) is 29.3 Å². The monoisotopic (exact) mass is 278 g/mol. The average Bonchev–Trinajstić information content (AvgIpc) is 2.42. The van der Waals surface area contributed by atoms with E-state index in [1.807, 2.05) is 18.2 Å². The van der Waals surface area contributed by atoms with E-state index in [2.05, 4.69) is 11.4 Å². The van der Waals surface area contributed by atoms with Crippen LogP contribution in [0.2, 0.25) is 0 Å². The lowest BCUT2D eigenvalue weighted by Crippen LogP contribution is -2.36. The van der Waals surface area contributed by atoms with Crippen LogP contribution in [0.25, 0.3) is 0 Å². The highest BCUT2D eigenvalue weighted by atomic mass is 32.2. The Kier molecular flexibility index (Phi) is 6.47. The molecule has 1 rings (SSSR count). The molecular weight excluding hydrogens is 264 g/mol. The number of nitrogens with zero attached hydrogens (tertiary/aromatic N) is 1. The molecule has 0 heterocycles. The van der Waals surface area contributed by atoms with Gasteiger partial charge >= 0.3 is 5.97 Å². The zero-order chi connectivity index (χ0) is 14.1. The molecule has 1 aromatic rings. The fraction of sp³-hybridized carbons (Fsp3) is 0.308. The normalized spacial score (nSPS) is 11.3. The van der Waals surface area contributed by atoms with Gasteiger partial charge in [0.05, 0.1) is 11.6 Å². The summed E-state index contributed by atoms with van der Waals surface area (Å²) in [5, 5.41) is 19.8. The van der Waals surface area contributed by atoms with Crippen LogP contribution in [0.1, 0.15) is 17.5 Å². The Hall–Kier alpha value is -2.00. The number of nitrogens with one attached hydrogen (secondary N) is 1. The molecule has 0 aliphatic heterocycles. The second-order valence-electron chi connectivity index (χ2n) is 3.83. The van der Waals surface area contributed by atoms with Crippen molar-refractivity contribution in [3.63, 3.8) is 0 Å². The van der Waals surface area contributed by atoms with Crippen molar-refractivity contribution >= 4 is 24.1 Å². The molecule has 0 saturated carbocycles. The second kappa shape index (κ2) is 8.16. The van der Waals surface area contributed by atoms with Crippen molar-refractivity contribution in [2.24, 2.45) is 0 Å². The number of nitriles is 1. The van der Waals surface area contributed by atoms with Gasteiger partial charge in [0, 0.05) is 5.75 Å². The summed E-state index contributed by atoms with van der Waals surface area (Å²) in [6.07, 6.45) is 0.774. The molecule has 2 N–H and O–H groups in total. The zero-order valence-corrected chi connectivity index (χ0v) is 11.0. The molecule has 1 amide bonds. The fourth-order valence-electron chi connectivity index (χ4n) is 1.48. The number of carboxylic acid groups (broad SMARTS) is 1. The van der Waals surface area contributed by atoms with Crippen molar-refractivity contribution in [3.05, 3.63) is 35.4 Å². The minimum Gasteiger partial charge on any atom is -0.480 e. The molecule has 0 aliphatic carbocycles. The van der Waals surface area contributed by atoms with Crippen LogP contribution in [-0.2, 0) is 15.3 Å². The molecule has 5 nitrogen and oxygen atoms in total. The van der Waals surface area contributed by atoms with Crippen LogP contribution in [0.3, 0.4) is 0 Å².